The number of carbonyl (C=O) groups excluding carboxylic acids is 1. The van der Waals surface area contributed by atoms with Gasteiger partial charge in [0.15, 0.2) is 11.5 Å². The number of anilines is 1. The standard InChI is InChI=1S/C26H27N3O5S/c1-4-16-34-24-15-14-21(17-25(24)33-2)18-27-28-26(30)22-12-8-9-13-23(22)29(35(3,31)32)19-20-10-6-5-7-11-20/h4-15,17-18H,1,16,19H2,2-3H3,(H,28,30)/b27-18+. The van der Waals surface area contributed by atoms with E-state index in [2.05, 4.69) is 17.1 Å². The molecule has 0 unspecified atom stereocenters. The molecule has 0 saturated heterocycles. The summed E-state index contributed by atoms with van der Waals surface area (Å²) >= 11 is 0. The molecule has 0 atom stereocenters. The van der Waals surface area contributed by atoms with E-state index in [1.165, 1.54) is 17.6 Å². The van der Waals surface area contributed by atoms with Crippen LogP contribution in [0, 0.1) is 0 Å². The minimum absolute atomic E-state index is 0.0906. The van der Waals surface area contributed by atoms with Gasteiger partial charge in [-0.3, -0.25) is 9.10 Å². The molecule has 0 radical (unpaired) electrons. The van der Waals surface area contributed by atoms with Crippen LogP contribution in [0.5, 0.6) is 11.5 Å². The van der Waals surface area contributed by atoms with E-state index in [1.54, 1.807) is 48.5 Å². The summed E-state index contributed by atoms with van der Waals surface area (Å²) in [5.74, 6) is 0.524. The first-order valence-electron chi connectivity index (χ1n) is 10.7. The van der Waals surface area contributed by atoms with Gasteiger partial charge >= 0.3 is 0 Å². The Kier molecular flexibility index (Phi) is 8.63. The minimum Gasteiger partial charge on any atom is -0.493 e. The van der Waals surface area contributed by atoms with Crippen molar-refractivity contribution < 1.29 is 22.7 Å². The maximum Gasteiger partial charge on any atom is 0.273 e. The molecule has 8 nitrogen and oxygen atoms in total. The van der Waals surface area contributed by atoms with E-state index in [-0.39, 0.29) is 17.8 Å². The molecular weight excluding hydrogens is 466 g/mol. The highest BCUT2D eigenvalue weighted by atomic mass is 32.2. The molecule has 0 saturated carbocycles. The first-order valence-corrected chi connectivity index (χ1v) is 12.5. The third-order valence-electron chi connectivity index (χ3n) is 4.91. The normalized spacial score (nSPS) is 11.1. The van der Waals surface area contributed by atoms with Gasteiger partial charge in [-0.2, -0.15) is 5.10 Å². The van der Waals surface area contributed by atoms with Crippen molar-refractivity contribution in [1.29, 1.82) is 0 Å². The van der Waals surface area contributed by atoms with Gasteiger partial charge in [-0.25, -0.2) is 13.8 Å². The van der Waals surface area contributed by atoms with Crippen LogP contribution in [-0.2, 0) is 16.6 Å². The van der Waals surface area contributed by atoms with Gasteiger partial charge in [0.2, 0.25) is 10.0 Å². The SMILES string of the molecule is C=CCOc1ccc(/C=N/NC(=O)c2ccccc2N(Cc2ccccc2)S(C)(=O)=O)cc1OC. The maximum absolute atomic E-state index is 12.9. The number of hydrazone groups is 1. The van der Waals surface area contributed by atoms with Crippen LogP contribution in [0.15, 0.2) is 90.6 Å². The highest BCUT2D eigenvalue weighted by Crippen LogP contribution is 2.28. The monoisotopic (exact) mass is 493 g/mol. The zero-order valence-electron chi connectivity index (χ0n) is 19.5. The van der Waals surface area contributed by atoms with Crippen LogP contribution >= 0.6 is 0 Å². The molecule has 3 aromatic carbocycles. The van der Waals surface area contributed by atoms with Crippen LogP contribution in [0.1, 0.15) is 21.5 Å². The molecule has 0 bridgehead atoms. The first kappa shape index (κ1) is 25.5. The zero-order valence-corrected chi connectivity index (χ0v) is 20.4. The van der Waals surface area contributed by atoms with Crippen molar-refractivity contribution >= 4 is 27.8 Å². The fourth-order valence-electron chi connectivity index (χ4n) is 3.27. The number of sulfonamides is 1. The summed E-state index contributed by atoms with van der Waals surface area (Å²) in [6, 6.07) is 20.9. The summed E-state index contributed by atoms with van der Waals surface area (Å²) < 4.78 is 37.3. The molecule has 0 aliphatic rings. The van der Waals surface area contributed by atoms with Gasteiger partial charge in [-0.15, -0.1) is 0 Å². The molecule has 1 N–H and O–H groups in total. The Labute approximate surface area is 205 Å². The summed E-state index contributed by atoms with van der Waals surface area (Å²) in [6.07, 6.45) is 4.20. The topological polar surface area (TPSA) is 97.3 Å². The van der Waals surface area contributed by atoms with Crippen molar-refractivity contribution in [3.8, 4) is 11.5 Å². The Hall–Kier alpha value is -4.11. The summed E-state index contributed by atoms with van der Waals surface area (Å²) in [6.45, 7) is 4.05. The number of rotatable bonds is 11. The molecule has 0 spiro atoms. The van der Waals surface area contributed by atoms with Crippen molar-refractivity contribution in [2.24, 2.45) is 5.10 Å². The van der Waals surface area contributed by atoms with E-state index in [9.17, 15) is 13.2 Å². The Balaban J connectivity index is 1.81. The number of para-hydroxylation sites is 1. The van der Waals surface area contributed by atoms with Crippen molar-refractivity contribution in [1.82, 2.24) is 5.43 Å². The fraction of sp³-hybridized carbons (Fsp3) is 0.154. The Bertz CT molecular complexity index is 1310. The number of nitrogens with one attached hydrogen (secondary N) is 1. The molecule has 1 amide bonds. The van der Waals surface area contributed by atoms with Crippen LogP contribution in [-0.4, -0.2) is 40.5 Å². The Morgan fingerprint density at radius 2 is 1.77 bits per heavy atom. The highest BCUT2D eigenvalue weighted by molar-refractivity contribution is 7.92. The Morgan fingerprint density at radius 3 is 2.46 bits per heavy atom. The van der Waals surface area contributed by atoms with E-state index < -0.39 is 15.9 Å². The van der Waals surface area contributed by atoms with Crippen molar-refractivity contribution in [2.45, 2.75) is 6.54 Å². The molecule has 0 aromatic heterocycles. The number of amides is 1. The lowest BCUT2D eigenvalue weighted by molar-refractivity contribution is 0.0955. The van der Waals surface area contributed by atoms with Crippen LogP contribution in [0.3, 0.4) is 0 Å². The van der Waals surface area contributed by atoms with Gasteiger partial charge in [0.25, 0.3) is 5.91 Å². The van der Waals surface area contributed by atoms with Crippen molar-refractivity contribution in [3.05, 3.63) is 102 Å². The number of ether oxygens (including phenoxy) is 2. The molecule has 0 fully saturated rings. The minimum atomic E-state index is -3.67. The second-order valence-corrected chi connectivity index (χ2v) is 9.39. The Morgan fingerprint density at radius 1 is 1.06 bits per heavy atom. The van der Waals surface area contributed by atoms with E-state index in [1.807, 2.05) is 30.3 Å². The van der Waals surface area contributed by atoms with Crippen molar-refractivity contribution in [2.75, 3.05) is 24.3 Å². The lowest BCUT2D eigenvalue weighted by Gasteiger charge is -2.24. The fourth-order valence-corrected chi connectivity index (χ4v) is 4.17. The smallest absolute Gasteiger partial charge is 0.273 e. The second kappa shape index (κ2) is 11.8. The molecule has 0 aliphatic heterocycles. The number of carbonyl (C=O) groups is 1. The van der Waals surface area contributed by atoms with Crippen LogP contribution in [0.25, 0.3) is 0 Å². The van der Waals surface area contributed by atoms with Gasteiger partial charge in [-0.05, 0) is 41.5 Å². The predicted octanol–water partition coefficient (Wildman–Crippen LogP) is 3.99. The summed E-state index contributed by atoms with van der Waals surface area (Å²) in [4.78, 5) is 12.9. The first-order chi connectivity index (χ1) is 16.8. The lowest BCUT2D eigenvalue weighted by Crippen LogP contribution is -2.32. The third-order valence-corrected chi connectivity index (χ3v) is 6.04. The second-order valence-electron chi connectivity index (χ2n) is 7.48. The third kappa shape index (κ3) is 6.94. The number of benzene rings is 3. The molecule has 0 aliphatic carbocycles. The number of hydrogen-bond donors (Lipinski definition) is 1. The number of methoxy groups -OCH3 is 1. The summed E-state index contributed by atoms with van der Waals surface area (Å²) in [5, 5.41) is 4.03. The highest BCUT2D eigenvalue weighted by Gasteiger charge is 2.23. The van der Waals surface area contributed by atoms with Crippen LogP contribution in [0.2, 0.25) is 0 Å². The quantitative estimate of drug-likeness (QED) is 0.248. The molecule has 0 heterocycles. The zero-order chi connectivity index (χ0) is 25.3. The van der Waals surface area contributed by atoms with E-state index in [0.717, 1.165) is 11.8 Å². The van der Waals surface area contributed by atoms with Gasteiger partial charge in [0.05, 0.1) is 37.4 Å². The van der Waals surface area contributed by atoms with Crippen LogP contribution in [0.4, 0.5) is 5.69 Å². The number of nitrogens with zero attached hydrogens (tertiary/aromatic N) is 2. The molecule has 182 valence electrons. The van der Waals surface area contributed by atoms with E-state index in [0.29, 0.717) is 23.7 Å². The lowest BCUT2D eigenvalue weighted by atomic mass is 10.1. The van der Waals surface area contributed by atoms with Crippen LogP contribution < -0.4 is 19.2 Å². The van der Waals surface area contributed by atoms with Crippen molar-refractivity contribution in [3.63, 3.8) is 0 Å². The van der Waals surface area contributed by atoms with Gasteiger partial charge in [-0.1, -0.05) is 55.1 Å². The average molecular weight is 494 g/mol. The average Bonchev–Trinajstić information content (AvgIpc) is 2.86. The maximum atomic E-state index is 12.9. The molecule has 3 aromatic rings. The molecule has 9 heteroatoms. The largest absolute Gasteiger partial charge is 0.493 e. The predicted molar refractivity (Wildman–Crippen MR) is 138 cm³/mol. The summed E-state index contributed by atoms with van der Waals surface area (Å²) in [7, 11) is -2.14. The molecular formula is C26H27N3O5S. The van der Waals surface area contributed by atoms with Gasteiger partial charge < -0.3 is 9.47 Å². The van der Waals surface area contributed by atoms with Gasteiger partial charge in [0, 0.05) is 0 Å². The molecule has 35 heavy (non-hydrogen) atoms. The number of hydrogen-bond acceptors (Lipinski definition) is 6. The van der Waals surface area contributed by atoms with Gasteiger partial charge in [0.1, 0.15) is 6.61 Å². The van der Waals surface area contributed by atoms with E-state index in [4.69, 9.17) is 9.47 Å². The van der Waals surface area contributed by atoms with E-state index >= 15 is 0 Å². The summed E-state index contributed by atoms with van der Waals surface area (Å²) in [5.41, 5.74) is 4.37. The molecule has 3 rings (SSSR count).